The monoisotopic (exact) mass is 377 g/mol. The average Bonchev–Trinajstić information content (AvgIpc) is 2.40. The summed E-state index contributed by atoms with van der Waals surface area (Å²) in [5, 5.41) is 8.95. The van der Waals surface area contributed by atoms with E-state index in [4.69, 9.17) is 27.2 Å². The lowest BCUT2D eigenvalue weighted by Gasteiger charge is -2.12. The van der Waals surface area contributed by atoms with Gasteiger partial charge in [0.05, 0.1) is 15.2 Å². The molecule has 0 radical (unpaired) electrons. The minimum absolute atomic E-state index is 0.0228. The molecule has 2 aromatic rings. The van der Waals surface area contributed by atoms with Gasteiger partial charge in [-0.25, -0.2) is 13.6 Å². The fourth-order valence-corrected chi connectivity index (χ4v) is 2.30. The van der Waals surface area contributed by atoms with Gasteiger partial charge in [-0.2, -0.15) is 0 Å². The van der Waals surface area contributed by atoms with Gasteiger partial charge in [-0.1, -0.05) is 11.6 Å². The van der Waals surface area contributed by atoms with Gasteiger partial charge in [0.1, 0.15) is 28.7 Å². The second-order valence-electron chi connectivity index (χ2n) is 3.94. The first-order valence-electron chi connectivity index (χ1n) is 5.45. The molecule has 0 spiro atoms. The molecule has 0 aliphatic rings. The zero-order chi connectivity index (χ0) is 15.7. The van der Waals surface area contributed by atoms with Gasteiger partial charge in [0.2, 0.25) is 0 Å². The Balaban J connectivity index is 2.52. The smallest absolute Gasteiger partial charge is 0.341 e. The summed E-state index contributed by atoms with van der Waals surface area (Å²) in [5.41, 5.74) is 4.28. The summed E-state index contributed by atoms with van der Waals surface area (Å²) in [6.45, 7) is 0. The van der Waals surface area contributed by atoms with Crippen molar-refractivity contribution in [3.63, 3.8) is 0 Å². The number of hydrogen-bond donors (Lipinski definition) is 2. The molecule has 21 heavy (non-hydrogen) atoms. The third-order valence-corrected chi connectivity index (χ3v) is 3.47. The third kappa shape index (κ3) is 3.08. The zero-order valence-corrected chi connectivity index (χ0v) is 12.5. The Kier molecular flexibility index (Phi) is 4.34. The summed E-state index contributed by atoms with van der Waals surface area (Å²) < 4.78 is 32.4. The molecule has 0 aliphatic heterocycles. The van der Waals surface area contributed by atoms with Crippen LogP contribution in [0.3, 0.4) is 0 Å². The first-order chi connectivity index (χ1) is 9.81. The minimum atomic E-state index is -1.47. The standard InChI is InChI=1S/C13H7BrClF2NO3/c14-5-3-6(15)8(17)4-10(5)21-9-2-1-7(16)12(18)11(9)13(19)20/h1-4H,18H2,(H,19,20). The number of benzene rings is 2. The molecule has 0 unspecified atom stereocenters. The van der Waals surface area contributed by atoms with Crippen molar-refractivity contribution in [1.29, 1.82) is 0 Å². The highest BCUT2D eigenvalue weighted by Crippen LogP contribution is 2.36. The van der Waals surface area contributed by atoms with Gasteiger partial charge in [0.15, 0.2) is 0 Å². The fraction of sp³-hybridized carbons (Fsp3) is 0. The van der Waals surface area contributed by atoms with E-state index in [1.807, 2.05) is 0 Å². The number of carbonyl (C=O) groups is 1. The molecule has 0 saturated heterocycles. The Hall–Kier alpha value is -1.86. The van der Waals surface area contributed by atoms with Crippen LogP contribution in [-0.2, 0) is 0 Å². The van der Waals surface area contributed by atoms with E-state index in [2.05, 4.69) is 15.9 Å². The van der Waals surface area contributed by atoms with Gasteiger partial charge in [-0.3, -0.25) is 0 Å². The van der Waals surface area contributed by atoms with Gasteiger partial charge in [0.25, 0.3) is 0 Å². The molecule has 0 aliphatic carbocycles. The Bertz CT molecular complexity index is 740. The van der Waals surface area contributed by atoms with Crippen molar-refractivity contribution in [2.24, 2.45) is 0 Å². The van der Waals surface area contributed by atoms with Crippen LogP contribution in [0, 0.1) is 11.6 Å². The van der Waals surface area contributed by atoms with E-state index < -0.39 is 28.9 Å². The van der Waals surface area contributed by atoms with Crippen molar-refractivity contribution in [2.75, 3.05) is 5.73 Å². The van der Waals surface area contributed by atoms with Crippen molar-refractivity contribution in [1.82, 2.24) is 0 Å². The van der Waals surface area contributed by atoms with E-state index in [1.54, 1.807) is 0 Å². The topological polar surface area (TPSA) is 72.5 Å². The molecule has 0 amide bonds. The van der Waals surface area contributed by atoms with Gasteiger partial charge >= 0.3 is 5.97 Å². The number of nitrogens with two attached hydrogens (primary N) is 1. The molecule has 0 aromatic heterocycles. The van der Waals surface area contributed by atoms with Crippen LogP contribution in [0.1, 0.15) is 10.4 Å². The fourth-order valence-electron chi connectivity index (χ4n) is 1.58. The van der Waals surface area contributed by atoms with Crippen LogP contribution in [0.15, 0.2) is 28.7 Å². The second-order valence-corrected chi connectivity index (χ2v) is 5.20. The van der Waals surface area contributed by atoms with Crippen molar-refractivity contribution < 1.29 is 23.4 Å². The Morgan fingerprint density at radius 3 is 2.52 bits per heavy atom. The van der Waals surface area contributed by atoms with E-state index >= 15 is 0 Å². The summed E-state index contributed by atoms with van der Waals surface area (Å²) in [6, 6.07) is 4.27. The lowest BCUT2D eigenvalue weighted by molar-refractivity contribution is 0.0695. The van der Waals surface area contributed by atoms with E-state index in [0.717, 1.165) is 18.2 Å². The molecule has 110 valence electrons. The molecular weight excluding hydrogens is 372 g/mol. The van der Waals surface area contributed by atoms with Crippen molar-refractivity contribution in [3.8, 4) is 11.5 Å². The highest BCUT2D eigenvalue weighted by atomic mass is 79.9. The number of nitrogen functional groups attached to an aromatic ring is 1. The quantitative estimate of drug-likeness (QED) is 0.611. The molecule has 8 heteroatoms. The molecule has 0 fully saturated rings. The maximum atomic E-state index is 13.4. The Labute approximate surface area is 131 Å². The molecule has 4 nitrogen and oxygen atoms in total. The van der Waals surface area contributed by atoms with Crippen LogP contribution in [0.2, 0.25) is 5.02 Å². The van der Waals surface area contributed by atoms with E-state index in [-0.39, 0.29) is 16.5 Å². The van der Waals surface area contributed by atoms with E-state index in [9.17, 15) is 13.6 Å². The molecule has 3 N–H and O–H groups in total. The number of ether oxygens (including phenoxy) is 1. The van der Waals surface area contributed by atoms with Crippen LogP contribution in [0.5, 0.6) is 11.5 Å². The first-order valence-corrected chi connectivity index (χ1v) is 6.62. The van der Waals surface area contributed by atoms with Gasteiger partial charge in [-0.15, -0.1) is 0 Å². The number of rotatable bonds is 3. The summed E-state index contributed by atoms with van der Waals surface area (Å²) in [6.07, 6.45) is 0. The highest BCUT2D eigenvalue weighted by Gasteiger charge is 2.20. The summed E-state index contributed by atoms with van der Waals surface area (Å²) >= 11 is 8.70. The van der Waals surface area contributed by atoms with E-state index in [1.165, 1.54) is 6.07 Å². The van der Waals surface area contributed by atoms with Crippen LogP contribution in [-0.4, -0.2) is 11.1 Å². The lowest BCUT2D eigenvalue weighted by Crippen LogP contribution is -2.07. The molecule has 2 aromatic carbocycles. The van der Waals surface area contributed by atoms with Crippen LogP contribution < -0.4 is 10.5 Å². The third-order valence-electron chi connectivity index (χ3n) is 2.56. The number of carboxylic acid groups (broad SMARTS) is 1. The van der Waals surface area contributed by atoms with Crippen LogP contribution in [0.25, 0.3) is 0 Å². The maximum absolute atomic E-state index is 13.4. The van der Waals surface area contributed by atoms with Crippen molar-refractivity contribution in [3.05, 3.63) is 51.0 Å². The molecule has 0 heterocycles. The number of hydrogen-bond acceptors (Lipinski definition) is 3. The Morgan fingerprint density at radius 1 is 1.24 bits per heavy atom. The van der Waals surface area contributed by atoms with Crippen molar-refractivity contribution >= 4 is 39.2 Å². The number of carboxylic acids is 1. The normalized spacial score (nSPS) is 10.5. The summed E-state index contributed by atoms with van der Waals surface area (Å²) in [4.78, 5) is 11.2. The summed E-state index contributed by atoms with van der Waals surface area (Å²) in [7, 11) is 0. The van der Waals surface area contributed by atoms with Crippen molar-refractivity contribution in [2.45, 2.75) is 0 Å². The number of aromatic carboxylic acids is 1. The maximum Gasteiger partial charge on any atom is 0.341 e. The van der Waals surface area contributed by atoms with Crippen LogP contribution >= 0.6 is 27.5 Å². The summed E-state index contributed by atoms with van der Waals surface area (Å²) in [5.74, 6) is -3.34. The SMILES string of the molecule is Nc1c(F)ccc(Oc2cc(F)c(Cl)cc2Br)c1C(=O)O. The second kappa shape index (κ2) is 5.87. The largest absolute Gasteiger partial charge is 0.477 e. The lowest BCUT2D eigenvalue weighted by atomic mass is 10.1. The van der Waals surface area contributed by atoms with Gasteiger partial charge in [-0.05, 0) is 34.1 Å². The molecule has 0 atom stereocenters. The van der Waals surface area contributed by atoms with Gasteiger partial charge in [0, 0.05) is 6.07 Å². The number of halogens is 4. The Morgan fingerprint density at radius 2 is 1.90 bits per heavy atom. The van der Waals surface area contributed by atoms with E-state index in [0.29, 0.717) is 4.47 Å². The number of anilines is 1. The molecule has 0 bridgehead atoms. The zero-order valence-electron chi connectivity index (χ0n) is 10.2. The molecule has 0 saturated carbocycles. The highest BCUT2D eigenvalue weighted by molar-refractivity contribution is 9.10. The first kappa shape index (κ1) is 15.5. The van der Waals surface area contributed by atoms with Crippen LogP contribution in [0.4, 0.5) is 14.5 Å². The van der Waals surface area contributed by atoms with Gasteiger partial charge < -0.3 is 15.6 Å². The predicted octanol–water partition coefficient (Wildman–Crippen LogP) is 4.45. The molecule has 2 rings (SSSR count). The minimum Gasteiger partial charge on any atom is -0.477 e. The molecular formula is C13H7BrClF2NO3. The average molecular weight is 379 g/mol. The predicted molar refractivity (Wildman–Crippen MR) is 77.0 cm³/mol.